The molecule has 15 heavy (non-hydrogen) atoms. The van der Waals surface area contributed by atoms with Gasteiger partial charge in [0, 0.05) is 11.6 Å². The van der Waals surface area contributed by atoms with Gasteiger partial charge in [-0.25, -0.2) is 0 Å². The van der Waals surface area contributed by atoms with Crippen molar-refractivity contribution in [3.8, 4) is 0 Å². The van der Waals surface area contributed by atoms with Gasteiger partial charge in [0.2, 0.25) is 0 Å². The zero-order valence-corrected chi connectivity index (χ0v) is 11.3. The Labute approximate surface area is 105 Å². The SMILES string of the molecule is C=C(CC)CC(NC)c1cc(Cl)sc1Cl. The van der Waals surface area contributed by atoms with Crippen molar-refractivity contribution in [1.82, 2.24) is 5.32 Å². The Hall–Kier alpha value is -0.0200. The van der Waals surface area contributed by atoms with Gasteiger partial charge in [0.1, 0.15) is 0 Å². The first kappa shape index (κ1) is 13.0. The molecule has 1 unspecified atom stereocenters. The average molecular weight is 264 g/mol. The third kappa shape index (κ3) is 3.49. The van der Waals surface area contributed by atoms with Gasteiger partial charge >= 0.3 is 0 Å². The summed E-state index contributed by atoms with van der Waals surface area (Å²) in [6.45, 7) is 6.12. The summed E-state index contributed by atoms with van der Waals surface area (Å²) in [6.07, 6.45) is 1.90. The van der Waals surface area contributed by atoms with E-state index in [1.54, 1.807) is 0 Å². The molecule has 0 aromatic carbocycles. The molecule has 0 aliphatic heterocycles. The van der Waals surface area contributed by atoms with E-state index in [9.17, 15) is 0 Å². The van der Waals surface area contributed by atoms with E-state index in [1.807, 2.05) is 13.1 Å². The third-order valence-corrected chi connectivity index (χ3v) is 3.92. The maximum absolute atomic E-state index is 6.11. The first-order valence-corrected chi connectivity index (χ1v) is 6.44. The normalized spacial score (nSPS) is 12.8. The fourth-order valence-electron chi connectivity index (χ4n) is 1.39. The highest BCUT2D eigenvalue weighted by atomic mass is 35.5. The van der Waals surface area contributed by atoms with Crippen molar-refractivity contribution < 1.29 is 0 Å². The predicted molar refractivity (Wildman–Crippen MR) is 70.2 cm³/mol. The summed E-state index contributed by atoms with van der Waals surface area (Å²) in [4.78, 5) is 0. The molecule has 0 saturated carbocycles. The number of halogens is 2. The van der Waals surface area contributed by atoms with Crippen LogP contribution in [0.3, 0.4) is 0 Å². The monoisotopic (exact) mass is 263 g/mol. The average Bonchev–Trinajstić information content (AvgIpc) is 2.54. The van der Waals surface area contributed by atoms with Crippen LogP contribution in [0, 0.1) is 0 Å². The molecule has 0 saturated heterocycles. The minimum absolute atomic E-state index is 0.216. The summed E-state index contributed by atoms with van der Waals surface area (Å²) < 4.78 is 1.50. The predicted octanol–water partition coefficient (Wildman–Crippen LogP) is 4.67. The van der Waals surface area contributed by atoms with Gasteiger partial charge in [-0.15, -0.1) is 11.3 Å². The molecule has 0 bridgehead atoms. The van der Waals surface area contributed by atoms with Gasteiger partial charge in [-0.05, 0) is 26.0 Å². The van der Waals surface area contributed by atoms with Crippen LogP contribution in [0.5, 0.6) is 0 Å². The number of nitrogens with one attached hydrogen (secondary N) is 1. The lowest BCUT2D eigenvalue weighted by Crippen LogP contribution is -2.16. The Kier molecular flexibility index (Phi) is 5.13. The van der Waals surface area contributed by atoms with Crippen molar-refractivity contribution in [2.24, 2.45) is 0 Å². The fraction of sp³-hybridized carbons (Fsp3) is 0.455. The van der Waals surface area contributed by atoms with Gasteiger partial charge in [0.05, 0.1) is 8.67 Å². The van der Waals surface area contributed by atoms with Crippen molar-refractivity contribution >= 4 is 34.5 Å². The second kappa shape index (κ2) is 5.90. The van der Waals surface area contributed by atoms with Crippen LogP contribution in [0.2, 0.25) is 8.67 Å². The summed E-state index contributed by atoms with van der Waals surface area (Å²) in [7, 11) is 1.93. The number of hydrogen-bond acceptors (Lipinski definition) is 2. The highest BCUT2D eigenvalue weighted by Crippen LogP contribution is 2.36. The Bertz CT molecular complexity index is 346. The molecule has 0 amide bonds. The molecule has 0 spiro atoms. The molecule has 1 nitrogen and oxygen atoms in total. The Morgan fingerprint density at radius 1 is 1.60 bits per heavy atom. The molecular weight excluding hydrogens is 249 g/mol. The lowest BCUT2D eigenvalue weighted by atomic mass is 10.0. The summed E-state index contributed by atoms with van der Waals surface area (Å²) in [6, 6.07) is 2.15. The number of thiophene rings is 1. The Balaban J connectivity index is 2.82. The van der Waals surface area contributed by atoms with Crippen LogP contribution in [0.4, 0.5) is 0 Å². The molecule has 0 fully saturated rings. The van der Waals surface area contributed by atoms with Crippen molar-refractivity contribution in [3.63, 3.8) is 0 Å². The molecule has 0 radical (unpaired) electrons. The highest BCUT2D eigenvalue weighted by Gasteiger charge is 2.16. The maximum Gasteiger partial charge on any atom is 0.0992 e. The molecular formula is C11H15Cl2NS. The quantitative estimate of drug-likeness (QED) is 0.762. The van der Waals surface area contributed by atoms with Crippen LogP contribution in [0.25, 0.3) is 0 Å². The molecule has 1 aromatic heterocycles. The lowest BCUT2D eigenvalue weighted by molar-refractivity contribution is 0.584. The van der Waals surface area contributed by atoms with E-state index in [2.05, 4.69) is 18.8 Å². The standard InChI is InChI=1S/C11H15Cl2NS/c1-4-7(2)5-9(14-3)8-6-10(12)15-11(8)13/h6,9,14H,2,4-5H2,1,3H3. The van der Waals surface area contributed by atoms with Crippen LogP contribution in [-0.4, -0.2) is 7.05 Å². The van der Waals surface area contributed by atoms with E-state index in [0.717, 1.165) is 27.1 Å². The summed E-state index contributed by atoms with van der Waals surface area (Å²) >= 11 is 13.4. The van der Waals surface area contributed by atoms with Crippen LogP contribution in [0.15, 0.2) is 18.2 Å². The zero-order chi connectivity index (χ0) is 11.4. The molecule has 0 aliphatic rings. The van der Waals surface area contributed by atoms with Gasteiger partial charge in [0.15, 0.2) is 0 Å². The topological polar surface area (TPSA) is 12.0 Å². The smallest absolute Gasteiger partial charge is 0.0992 e. The zero-order valence-electron chi connectivity index (χ0n) is 8.94. The minimum atomic E-state index is 0.216. The van der Waals surface area contributed by atoms with Crippen molar-refractivity contribution in [3.05, 3.63) is 32.5 Å². The molecule has 0 aliphatic carbocycles. The second-order valence-corrected chi connectivity index (χ2v) is 5.71. The lowest BCUT2D eigenvalue weighted by Gasteiger charge is -2.16. The molecule has 1 atom stereocenters. The van der Waals surface area contributed by atoms with Gasteiger partial charge in [-0.3, -0.25) is 0 Å². The van der Waals surface area contributed by atoms with Gasteiger partial charge in [-0.1, -0.05) is 42.3 Å². The summed E-state index contributed by atoms with van der Waals surface area (Å²) in [5.41, 5.74) is 2.29. The van der Waals surface area contributed by atoms with Gasteiger partial charge < -0.3 is 5.32 Å². The first-order valence-electron chi connectivity index (χ1n) is 4.87. The molecule has 84 valence electrons. The molecule has 1 heterocycles. The van der Waals surface area contributed by atoms with Crippen LogP contribution >= 0.6 is 34.5 Å². The van der Waals surface area contributed by atoms with Gasteiger partial charge in [-0.2, -0.15) is 0 Å². The molecule has 1 rings (SSSR count). The van der Waals surface area contributed by atoms with Crippen molar-refractivity contribution in [2.75, 3.05) is 7.05 Å². The van der Waals surface area contributed by atoms with E-state index < -0.39 is 0 Å². The van der Waals surface area contributed by atoms with E-state index in [-0.39, 0.29) is 6.04 Å². The largest absolute Gasteiger partial charge is 0.313 e. The maximum atomic E-state index is 6.11. The number of hydrogen-bond donors (Lipinski definition) is 1. The summed E-state index contributed by atoms with van der Waals surface area (Å²) in [5.74, 6) is 0. The molecule has 1 N–H and O–H groups in total. The van der Waals surface area contributed by atoms with Gasteiger partial charge in [0.25, 0.3) is 0 Å². The first-order chi connectivity index (χ1) is 7.08. The Morgan fingerprint density at radius 3 is 2.67 bits per heavy atom. The van der Waals surface area contributed by atoms with Crippen LogP contribution in [0.1, 0.15) is 31.4 Å². The third-order valence-electron chi connectivity index (χ3n) is 2.40. The van der Waals surface area contributed by atoms with E-state index in [0.29, 0.717) is 0 Å². The number of rotatable bonds is 5. The fourth-order valence-corrected chi connectivity index (χ4v) is 2.97. The second-order valence-electron chi connectivity index (χ2n) is 3.43. The highest BCUT2D eigenvalue weighted by molar-refractivity contribution is 7.20. The minimum Gasteiger partial charge on any atom is -0.313 e. The summed E-state index contributed by atoms with van der Waals surface area (Å²) in [5, 5.41) is 3.24. The molecule has 1 aromatic rings. The van der Waals surface area contributed by atoms with Crippen molar-refractivity contribution in [2.45, 2.75) is 25.8 Å². The van der Waals surface area contributed by atoms with Crippen molar-refractivity contribution in [1.29, 1.82) is 0 Å². The van der Waals surface area contributed by atoms with Crippen LogP contribution in [-0.2, 0) is 0 Å². The van der Waals surface area contributed by atoms with E-state index >= 15 is 0 Å². The molecule has 4 heteroatoms. The van der Waals surface area contributed by atoms with E-state index in [4.69, 9.17) is 23.2 Å². The van der Waals surface area contributed by atoms with Crippen LogP contribution < -0.4 is 5.32 Å². The van der Waals surface area contributed by atoms with E-state index in [1.165, 1.54) is 16.9 Å². The Morgan fingerprint density at radius 2 is 2.27 bits per heavy atom.